The number of carbonyl (C=O) groups is 1. The van der Waals surface area contributed by atoms with Crippen LogP contribution in [0, 0.1) is 6.92 Å². The molecule has 0 aliphatic heterocycles. The molecule has 2 aromatic heterocycles. The van der Waals surface area contributed by atoms with Crippen molar-refractivity contribution in [2.45, 2.75) is 26.8 Å². The molecule has 0 aliphatic rings. The predicted molar refractivity (Wildman–Crippen MR) is 110 cm³/mol. The van der Waals surface area contributed by atoms with E-state index in [1.165, 1.54) is 6.07 Å². The highest BCUT2D eigenvalue weighted by Gasteiger charge is 2.20. The Labute approximate surface area is 162 Å². The van der Waals surface area contributed by atoms with Gasteiger partial charge in [-0.1, -0.05) is 11.6 Å². The second-order valence-electron chi connectivity index (χ2n) is 7.26. The molecule has 6 heteroatoms. The second kappa shape index (κ2) is 6.64. The number of hydrogen-bond acceptors (Lipinski definition) is 5. The smallest absolute Gasteiger partial charge is 0.335 e. The number of rotatable bonds is 4. The molecule has 4 aromatic rings. The lowest BCUT2D eigenvalue weighted by molar-refractivity contribution is 0.0697. The van der Waals surface area contributed by atoms with Crippen LogP contribution in [-0.2, 0) is 0 Å². The molecule has 0 amide bonds. The van der Waals surface area contributed by atoms with Gasteiger partial charge in [-0.2, -0.15) is 0 Å². The van der Waals surface area contributed by atoms with Gasteiger partial charge in [0.2, 0.25) is 0 Å². The van der Waals surface area contributed by atoms with E-state index in [0.29, 0.717) is 28.3 Å². The van der Waals surface area contributed by atoms with Crippen molar-refractivity contribution < 1.29 is 14.3 Å². The SMILES string of the molecule is Cc1ccc2oc(-c3nc4ccc(C(=O)O)cc4nc3N(C)C(C)C)cc2c1. The first-order valence-electron chi connectivity index (χ1n) is 9.12. The van der Waals surface area contributed by atoms with Gasteiger partial charge >= 0.3 is 5.97 Å². The largest absolute Gasteiger partial charge is 0.478 e. The highest BCUT2D eigenvalue weighted by Crippen LogP contribution is 2.34. The Bertz CT molecular complexity index is 1210. The Morgan fingerprint density at radius 1 is 1.07 bits per heavy atom. The van der Waals surface area contributed by atoms with Gasteiger partial charge in [0.05, 0.1) is 16.6 Å². The van der Waals surface area contributed by atoms with Crippen molar-refractivity contribution in [3.63, 3.8) is 0 Å². The Kier molecular flexibility index (Phi) is 4.26. The minimum atomic E-state index is -0.987. The number of nitrogens with zero attached hydrogens (tertiary/aromatic N) is 3. The number of fused-ring (bicyclic) bond motifs is 2. The van der Waals surface area contributed by atoms with E-state index in [0.717, 1.165) is 16.5 Å². The minimum absolute atomic E-state index is 0.180. The van der Waals surface area contributed by atoms with Crippen LogP contribution in [0.4, 0.5) is 5.82 Å². The number of carboxylic acids is 1. The van der Waals surface area contributed by atoms with E-state index in [1.807, 2.05) is 37.1 Å². The summed E-state index contributed by atoms with van der Waals surface area (Å²) in [4.78, 5) is 22.8. The number of carboxylic acid groups (broad SMARTS) is 1. The maximum atomic E-state index is 11.3. The number of aromatic nitrogens is 2. The van der Waals surface area contributed by atoms with Crippen LogP contribution in [0.1, 0.15) is 29.8 Å². The topological polar surface area (TPSA) is 79.5 Å². The molecule has 142 valence electrons. The van der Waals surface area contributed by atoms with Gasteiger partial charge < -0.3 is 14.4 Å². The first-order chi connectivity index (χ1) is 13.3. The third-order valence-electron chi connectivity index (χ3n) is 4.91. The molecule has 4 rings (SSSR count). The normalized spacial score (nSPS) is 11.5. The quantitative estimate of drug-likeness (QED) is 0.547. The number of hydrogen-bond donors (Lipinski definition) is 1. The standard InChI is InChI=1S/C22H21N3O3/c1-12(2)25(4)21-20(19-11-15-9-13(3)5-8-18(15)28-19)23-16-7-6-14(22(26)27)10-17(16)24-21/h5-12H,1-4H3,(H,26,27). The van der Waals surface area contributed by atoms with E-state index < -0.39 is 5.97 Å². The molecule has 0 spiro atoms. The van der Waals surface area contributed by atoms with Crippen molar-refractivity contribution in [1.29, 1.82) is 0 Å². The molecular formula is C22H21N3O3. The Morgan fingerprint density at radius 2 is 1.86 bits per heavy atom. The van der Waals surface area contributed by atoms with Crippen LogP contribution in [0.25, 0.3) is 33.5 Å². The molecule has 0 fully saturated rings. The second-order valence-corrected chi connectivity index (χ2v) is 7.26. The first kappa shape index (κ1) is 18.0. The van der Waals surface area contributed by atoms with Crippen molar-refractivity contribution in [1.82, 2.24) is 9.97 Å². The molecule has 0 saturated heterocycles. The van der Waals surface area contributed by atoms with Crippen molar-refractivity contribution in [3.05, 3.63) is 53.6 Å². The first-order valence-corrected chi connectivity index (χ1v) is 9.12. The van der Waals surface area contributed by atoms with Crippen LogP contribution in [0.2, 0.25) is 0 Å². The molecule has 6 nitrogen and oxygen atoms in total. The van der Waals surface area contributed by atoms with Crippen LogP contribution < -0.4 is 4.90 Å². The average molecular weight is 375 g/mol. The zero-order chi connectivity index (χ0) is 20.0. The molecular weight excluding hydrogens is 354 g/mol. The number of furan rings is 1. The highest BCUT2D eigenvalue weighted by molar-refractivity contribution is 5.94. The van der Waals surface area contributed by atoms with Gasteiger partial charge in [-0.25, -0.2) is 14.8 Å². The molecule has 0 radical (unpaired) electrons. The molecule has 0 aliphatic carbocycles. The van der Waals surface area contributed by atoms with E-state index in [4.69, 9.17) is 14.4 Å². The zero-order valence-corrected chi connectivity index (χ0v) is 16.2. The summed E-state index contributed by atoms with van der Waals surface area (Å²) in [7, 11) is 1.94. The van der Waals surface area contributed by atoms with Crippen molar-refractivity contribution >= 4 is 33.8 Å². The molecule has 28 heavy (non-hydrogen) atoms. The van der Waals surface area contributed by atoms with Gasteiger partial charge in [0.15, 0.2) is 11.6 Å². The fourth-order valence-electron chi connectivity index (χ4n) is 3.11. The van der Waals surface area contributed by atoms with Crippen LogP contribution in [0.5, 0.6) is 0 Å². The third kappa shape index (κ3) is 3.07. The summed E-state index contributed by atoms with van der Waals surface area (Å²) < 4.78 is 6.07. The van der Waals surface area contributed by atoms with E-state index >= 15 is 0 Å². The van der Waals surface area contributed by atoms with Crippen molar-refractivity contribution in [3.8, 4) is 11.5 Å². The Balaban J connectivity index is 1.97. The van der Waals surface area contributed by atoms with Gasteiger partial charge in [0.25, 0.3) is 0 Å². The number of aromatic carboxylic acids is 1. The van der Waals surface area contributed by atoms with E-state index in [1.54, 1.807) is 12.1 Å². The van der Waals surface area contributed by atoms with Crippen molar-refractivity contribution in [2.75, 3.05) is 11.9 Å². The van der Waals surface area contributed by atoms with Gasteiger partial charge in [0.1, 0.15) is 11.3 Å². The number of benzene rings is 2. The summed E-state index contributed by atoms with van der Waals surface area (Å²) in [6.07, 6.45) is 0. The lowest BCUT2D eigenvalue weighted by atomic mass is 10.1. The fraction of sp³-hybridized carbons (Fsp3) is 0.227. The maximum Gasteiger partial charge on any atom is 0.335 e. The number of anilines is 1. The average Bonchev–Trinajstić information content (AvgIpc) is 3.08. The van der Waals surface area contributed by atoms with Crippen LogP contribution in [0.3, 0.4) is 0 Å². The molecule has 2 aromatic carbocycles. The lowest BCUT2D eigenvalue weighted by Crippen LogP contribution is -2.27. The minimum Gasteiger partial charge on any atom is -0.478 e. The molecule has 0 bridgehead atoms. The van der Waals surface area contributed by atoms with Gasteiger partial charge in [-0.15, -0.1) is 0 Å². The fourth-order valence-corrected chi connectivity index (χ4v) is 3.11. The summed E-state index contributed by atoms with van der Waals surface area (Å²) in [5.41, 5.74) is 3.94. The van der Waals surface area contributed by atoms with Crippen molar-refractivity contribution in [2.24, 2.45) is 0 Å². The summed E-state index contributed by atoms with van der Waals surface area (Å²) in [6, 6.07) is 13.0. The predicted octanol–water partition coefficient (Wildman–Crippen LogP) is 4.89. The monoisotopic (exact) mass is 375 g/mol. The lowest BCUT2D eigenvalue weighted by Gasteiger charge is -2.24. The van der Waals surface area contributed by atoms with Crippen LogP contribution in [0.15, 0.2) is 46.9 Å². The Morgan fingerprint density at radius 3 is 2.57 bits per heavy atom. The summed E-state index contributed by atoms with van der Waals surface area (Å²) in [5, 5.41) is 10.3. The third-order valence-corrected chi connectivity index (χ3v) is 4.91. The van der Waals surface area contributed by atoms with E-state index in [-0.39, 0.29) is 11.6 Å². The number of aryl methyl sites for hydroxylation is 1. The van der Waals surface area contributed by atoms with E-state index in [9.17, 15) is 9.90 Å². The highest BCUT2D eigenvalue weighted by atomic mass is 16.4. The molecule has 0 unspecified atom stereocenters. The summed E-state index contributed by atoms with van der Waals surface area (Å²) in [5.74, 6) is 0.305. The molecule has 1 N–H and O–H groups in total. The molecule has 0 saturated carbocycles. The molecule has 0 atom stereocenters. The summed E-state index contributed by atoms with van der Waals surface area (Å²) in [6.45, 7) is 6.16. The zero-order valence-electron chi connectivity index (χ0n) is 16.2. The van der Waals surface area contributed by atoms with Gasteiger partial charge in [0, 0.05) is 18.5 Å². The summed E-state index contributed by atoms with van der Waals surface area (Å²) >= 11 is 0. The van der Waals surface area contributed by atoms with Crippen LogP contribution in [-0.4, -0.2) is 34.1 Å². The maximum absolute atomic E-state index is 11.3. The van der Waals surface area contributed by atoms with Crippen LogP contribution >= 0.6 is 0 Å². The van der Waals surface area contributed by atoms with Gasteiger partial charge in [-0.05, 0) is 57.2 Å². The molecule has 2 heterocycles. The van der Waals surface area contributed by atoms with E-state index in [2.05, 4.69) is 19.9 Å². The van der Waals surface area contributed by atoms with Gasteiger partial charge in [-0.3, -0.25) is 0 Å². The Hall–Kier alpha value is -3.41.